The fraction of sp³-hybridized carbons (Fsp3) is 0.636. The molecule has 0 bridgehead atoms. The van der Waals surface area contributed by atoms with Gasteiger partial charge < -0.3 is 5.73 Å². The van der Waals surface area contributed by atoms with E-state index in [1.54, 1.807) is 0 Å². The summed E-state index contributed by atoms with van der Waals surface area (Å²) >= 11 is 1.41. The molecule has 0 amide bonds. The predicted molar refractivity (Wildman–Crippen MR) is 63.6 cm³/mol. The minimum Gasteiger partial charge on any atom is -0.323 e. The molecule has 0 aliphatic carbocycles. The van der Waals surface area contributed by atoms with E-state index in [9.17, 15) is 0 Å². The van der Waals surface area contributed by atoms with Crippen LogP contribution >= 0.6 is 11.5 Å². The van der Waals surface area contributed by atoms with Gasteiger partial charge >= 0.3 is 0 Å². The van der Waals surface area contributed by atoms with Crippen LogP contribution in [0.1, 0.15) is 56.1 Å². The van der Waals surface area contributed by atoms with Crippen molar-refractivity contribution in [3.63, 3.8) is 0 Å². The van der Waals surface area contributed by atoms with Crippen LogP contribution in [-0.2, 0) is 0 Å². The topological polar surface area (TPSA) is 51.8 Å². The first-order valence-electron chi connectivity index (χ1n) is 5.14. The molecule has 0 radical (unpaired) electrons. The van der Waals surface area contributed by atoms with Gasteiger partial charge in [-0.25, -0.2) is 0 Å². The minimum absolute atomic E-state index is 0.0308. The summed E-state index contributed by atoms with van der Waals surface area (Å²) in [6, 6.07) is 0.0308. The van der Waals surface area contributed by atoms with Crippen LogP contribution in [-0.4, -0.2) is 9.59 Å². The molecule has 4 heteroatoms. The molecule has 1 rings (SSSR count). The highest BCUT2D eigenvalue weighted by Crippen LogP contribution is 2.26. The van der Waals surface area contributed by atoms with Crippen molar-refractivity contribution in [1.29, 1.82) is 0 Å². The molecular weight excluding hydrogens is 206 g/mol. The van der Waals surface area contributed by atoms with Crippen molar-refractivity contribution in [2.75, 3.05) is 0 Å². The van der Waals surface area contributed by atoms with E-state index >= 15 is 0 Å². The smallest absolute Gasteiger partial charge is 0.0828 e. The van der Waals surface area contributed by atoms with Gasteiger partial charge in [-0.2, -0.15) is 0 Å². The zero-order valence-electron chi connectivity index (χ0n) is 9.45. The summed E-state index contributed by atoms with van der Waals surface area (Å²) in [6.07, 6.45) is 1.72. The highest BCUT2D eigenvalue weighted by molar-refractivity contribution is 7.05. The zero-order chi connectivity index (χ0) is 11.3. The minimum atomic E-state index is 0.0308. The highest BCUT2D eigenvalue weighted by Gasteiger charge is 2.17. The maximum absolute atomic E-state index is 6.08. The van der Waals surface area contributed by atoms with Crippen molar-refractivity contribution in [2.45, 2.75) is 45.6 Å². The first kappa shape index (κ1) is 12.2. The van der Waals surface area contributed by atoms with Gasteiger partial charge in [-0.15, -0.1) is 16.9 Å². The number of hydrogen-bond donors (Lipinski definition) is 1. The molecule has 0 aromatic carbocycles. The molecule has 15 heavy (non-hydrogen) atoms. The molecule has 1 unspecified atom stereocenters. The molecule has 1 aromatic rings. The molecule has 0 fully saturated rings. The summed E-state index contributed by atoms with van der Waals surface area (Å²) in [5.41, 5.74) is 7.12. The number of nitrogens with zero attached hydrogens (tertiary/aromatic N) is 2. The Hall–Kier alpha value is -0.920. The average Bonchev–Trinajstić information content (AvgIpc) is 2.66. The van der Waals surface area contributed by atoms with Gasteiger partial charge in [0.15, 0.2) is 0 Å². The Balaban J connectivity index is 2.67. The Morgan fingerprint density at radius 3 is 2.80 bits per heavy atom. The van der Waals surface area contributed by atoms with Gasteiger partial charge in [-0.3, -0.25) is 0 Å². The Kier molecular flexibility index (Phi) is 4.73. The normalized spacial score (nSPS) is 12.3. The van der Waals surface area contributed by atoms with Gasteiger partial charge in [-0.1, -0.05) is 18.3 Å². The maximum Gasteiger partial charge on any atom is 0.0828 e. The van der Waals surface area contributed by atoms with Crippen molar-refractivity contribution in [1.82, 2.24) is 9.59 Å². The largest absolute Gasteiger partial charge is 0.323 e. The molecule has 3 nitrogen and oxygen atoms in total. The number of nitrogens with two attached hydrogens (primary N) is 1. The van der Waals surface area contributed by atoms with Crippen LogP contribution in [0.25, 0.3) is 0 Å². The van der Waals surface area contributed by atoms with E-state index in [1.807, 2.05) is 6.92 Å². The monoisotopic (exact) mass is 223 g/mol. The summed E-state index contributed by atoms with van der Waals surface area (Å²) < 4.78 is 3.97. The lowest BCUT2D eigenvalue weighted by molar-refractivity contribution is 0.658. The first-order valence-corrected chi connectivity index (χ1v) is 5.91. The second-order valence-corrected chi connectivity index (χ2v) is 4.53. The van der Waals surface area contributed by atoms with E-state index in [2.05, 4.69) is 35.3 Å². The van der Waals surface area contributed by atoms with Gasteiger partial charge in [-0.05, 0) is 30.8 Å². The molecule has 2 N–H and O–H groups in total. The quantitative estimate of drug-likeness (QED) is 0.798. The summed E-state index contributed by atoms with van der Waals surface area (Å²) in [7, 11) is 0. The standard InChI is InChI=1S/C11H17N3S/c1-4-5-6-7-9(12)11-10(8(2)3)13-14-15-11/h8-9H,6-7,12H2,1-3H3. The van der Waals surface area contributed by atoms with Crippen molar-refractivity contribution < 1.29 is 0 Å². The van der Waals surface area contributed by atoms with E-state index in [0.29, 0.717) is 5.92 Å². The third kappa shape index (κ3) is 3.29. The second kappa shape index (κ2) is 5.84. The molecule has 0 spiro atoms. The van der Waals surface area contributed by atoms with Crippen LogP contribution in [0, 0.1) is 11.8 Å². The van der Waals surface area contributed by atoms with Crippen LogP contribution in [0.3, 0.4) is 0 Å². The molecule has 0 saturated heterocycles. The van der Waals surface area contributed by atoms with Crippen LogP contribution in [0.4, 0.5) is 0 Å². The first-order chi connectivity index (χ1) is 7.16. The SMILES string of the molecule is CC#CCCC(N)c1snnc1C(C)C. The average molecular weight is 223 g/mol. The van der Waals surface area contributed by atoms with E-state index in [0.717, 1.165) is 23.4 Å². The molecular formula is C11H17N3S. The molecule has 1 aromatic heterocycles. The highest BCUT2D eigenvalue weighted by atomic mass is 32.1. The van der Waals surface area contributed by atoms with Crippen molar-refractivity contribution in [3.05, 3.63) is 10.6 Å². The molecule has 0 saturated carbocycles. The van der Waals surface area contributed by atoms with Crippen LogP contribution in [0.2, 0.25) is 0 Å². The number of aromatic nitrogens is 2. The second-order valence-electron chi connectivity index (χ2n) is 3.75. The maximum atomic E-state index is 6.08. The van der Waals surface area contributed by atoms with E-state index in [1.165, 1.54) is 11.5 Å². The fourth-order valence-electron chi connectivity index (χ4n) is 1.35. The van der Waals surface area contributed by atoms with Gasteiger partial charge in [0.2, 0.25) is 0 Å². The molecule has 0 aliphatic rings. The predicted octanol–water partition coefficient (Wildman–Crippen LogP) is 2.46. The lowest BCUT2D eigenvalue weighted by Crippen LogP contribution is -2.11. The number of rotatable bonds is 4. The lowest BCUT2D eigenvalue weighted by atomic mass is 10.0. The Morgan fingerprint density at radius 1 is 1.47 bits per heavy atom. The van der Waals surface area contributed by atoms with Gasteiger partial charge in [0.05, 0.1) is 10.6 Å². The van der Waals surface area contributed by atoms with E-state index in [4.69, 9.17) is 5.73 Å². The van der Waals surface area contributed by atoms with Crippen molar-refractivity contribution in [2.24, 2.45) is 5.73 Å². The number of hydrogen-bond acceptors (Lipinski definition) is 4. The summed E-state index contributed by atoms with van der Waals surface area (Å²) in [4.78, 5) is 1.11. The van der Waals surface area contributed by atoms with Crippen molar-refractivity contribution in [3.8, 4) is 11.8 Å². The summed E-state index contributed by atoms with van der Waals surface area (Å²) in [5, 5.41) is 4.12. The van der Waals surface area contributed by atoms with Gasteiger partial charge in [0.1, 0.15) is 0 Å². The van der Waals surface area contributed by atoms with Gasteiger partial charge in [0.25, 0.3) is 0 Å². The Morgan fingerprint density at radius 2 is 2.20 bits per heavy atom. The molecule has 1 atom stereocenters. The van der Waals surface area contributed by atoms with Crippen molar-refractivity contribution >= 4 is 11.5 Å². The lowest BCUT2D eigenvalue weighted by Gasteiger charge is -2.10. The molecule has 0 aliphatic heterocycles. The Labute approximate surface area is 95.2 Å². The van der Waals surface area contributed by atoms with E-state index < -0.39 is 0 Å². The third-order valence-electron chi connectivity index (χ3n) is 2.18. The molecule has 82 valence electrons. The molecule has 1 heterocycles. The van der Waals surface area contributed by atoms with Crippen LogP contribution < -0.4 is 5.73 Å². The fourth-order valence-corrected chi connectivity index (χ4v) is 2.19. The van der Waals surface area contributed by atoms with Gasteiger partial charge in [0, 0.05) is 12.5 Å². The summed E-state index contributed by atoms with van der Waals surface area (Å²) in [5.74, 6) is 6.29. The summed E-state index contributed by atoms with van der Waals surface area (Å²) in [6.45, 7) is 6.07. The third-order valence-corrected chi connectivity index (χ3v) is 3.05. The van der Waals surface area contributed by atoms with Crippen LogP contribution in [0.5, 0.6) is 0 Å². The van der Waals surface area contributed by atoms with E-state index in [-0.39, 0.29) is 6.04 Å². The zero-order valence-corrected chi connectivity index (χ0v) is 10.3. The Bertz CT molecular complexity index is 359. The van der Waals surface area contributed by atoms with Crippen LogP contribution in [0.15, 0.2) is 0 Å².